The molecule has 3 aliphatic rings. The second kappa shape index (κ2) is 5.58. The SMILES string of the molecule is O=C1C(N2C(=O)[C@H]3CCCN3C2=O)CCN1Cc1ccc(F)cc1. The number of likely N-dealkylation sites (tertiary alicyclic amines) is 1. The number of urea groups is 1. The molecule has 0 aromatic heterocycles. The standard InChI is InChI=1S/C17H18FN3O3/c18-12-5-3-11(4-6-12)10-19-9-7-14(15(19)22)21-16(23)13-2-1-8-20(13)17(21)24/h3-6,13-14H,1-2,7-10H2/t13-,14?/m1/s1. The van der Waals surface area contributed by atoms with Gasteiger partial charge in [0.2, 0.25) is 5.91 Å². The van der Waals surface area contributed by atoms with Crippen molar-refractivity contribution >= 4 is 17.8 Å². The average Bonchev–Trinajstić information content (AvgIpc) is 3.23. The highest BCUT2D eigenvalue weighted by Gasteiger charge is 2.53. The van der Waals surface area contributed by atoms with Crippen LogP contribution < -0.4 is 0 Å². The second-order valence-electron chi connectivity index (χ2n) is 6.53. The second-order valence-corrected chi connectivity index (χ2v) is 6.53. The number of benzene rings is 1. The molecule has 4 rings (SSSR count). The molecular formula is C17H18FN3O3. The number of hydrogen-bond acceptors (Lipinski definition) is 3. The lowest BCUT2D eigenvalue weighted by Crippen LogP contribution is -2.46. The van der Waals surface area contributed by atoms with E-state index < -0.39 is 6.04 Å². The fourth-order valence-electron chi connectivity index (χ4n) is 3.86. The first-order valence-corrected chi connectivity index (χ1v) is 8.23. The molecule has 4 amide bonds. The van der Waals surface area contributed by atoms with Crippen molar-refractivity contribution in [2.45, 2.75) is 37.9 Å². The zero-order valence-corrected chi connectivity index (χ0v) is 13.2. The van der Waals surface area contributed by atoms with Crippen LogP contribution in [0.4, 0.5) is 9.18 Å². The number of carbonyl (C=O) groups is 3. The Morgan fingerprint density at radius 3 is 2.42 bits per heavy atom. The molecule has 0 N–H and O–H groups in total. The minimum atomic E-state index is -0.698. The number of amides is 4. The van der Waals surface area contributed by atoms with Gasteiger partial charge in [-0.15, -0.1) is 0 Å². The molecule has 0 spiro atoms. The molecule has 24 heavy (non-hydrogen) atoms. The summed E-state index contributed by atoms with van der Waals surface area (Å²) in [5.74, 6) is -0.764. The Hall–Kier alpha value is -2.44. The highest BCUT2D eigenvalue weighted by atomic mass is 19.1. The average molecular weight is 331 g/mol. The van der Waals surface area contributed by atoms with E-state index in [9.17, 15) is 18.8 Å². The van der Waals surface area contributed by atoms with Crippen molar-refractivity contribution < 1.29 is 18.8 Å². The van der Waals surface area contributed by atoms with Gasteiger partial charge in [0.1, 0.15) is 17.9 Å². The molecule has 7 heteroatoms. The summed E-state index contributed by atoms with van der Waals surface area (Å²) >= 11 is 0. The van der Waals surface area contributed by atoms with Gasteiger partial charge in [-0.25, -0.2) is 14.1 Å². The molecule has 0 radical (unpaired) electrons. The number of fused-ring (bicyclic) bond motifs is 1. The fourth-order valence-corrected chi connectivity index (χ4v) is 3.86. The summed E-state index contributed by atoms with van der Waals surface area (Å²) in [5.41, 5.74) is 0.824. The fraction of sp³-hybridized carbons (Fsp3) is 0.471. The third kappa shape index (κ3) is 2.26. The van der Waals surface area contributed by atoms with Crippen molar-refractivity contribution in [3.63, 3.8) is 0 Å². The van der Waals surface area contributed by atoms with Gasteiger partial charge in [-0.3, -0.25) is 9.59 Å². The van der Waals surface area contributed by atoms with Crippen LogP contribution in [0.5, 0.6) is 0 Å². The molecule has 2 atom stereocenters. The lowest BCUT2D eigenvalue weighted by Gasteiger charge is -2.22. The lowest BCUT2D eigenvalue weighted by molar-refractivity contribution is -0.138. The third-order valence-electron chi connectivity index (χ3n) is 5.09. The van der Waals surface area contributed by atoms with E-state index in [0.29, 0.717) is 32.5 Å². The van der Waals surface area contributed by atoms with Crippen LogP contribution in [-0.4, -0.2) is 57.7 Å². The van der Waals surface area contributed by atoms with Crippen LogP contribution in [0.1, 0.15) is 24.8 Å². The van der Waals surface area contributed by atoms with Crippen molar-refractivity contribution in [2.24, 2.45) is 0 Å². The van der Waals surface area contributed by atoms with Gasteiger partial charge >= 0.3 is 6.03 Å². The molecule has 6 nitrogen and oxygen atoms in total. The van der Waals surface area contributed by atoms with Crippen LogP contribution in [0, 0.1) is 5.82 Å². The van der Waals surface area contributed by atoms with Gasteiger partial charge in [-0.2, -0.15) is 0 Å². The highest BCUT2D eigenvalue weighted by molar-refractivity contribution is 6.08. The number of hydrogen-bond donors (Lipinski definition) is 0. The highest BCUT2D eigenvalue weighted by Crippen LogP contribution is 2.31. The maximum atomic E-state index is 13.0. The molecule has 0 bridgehead atoms. The first-order chi connectivity index (χ1) is 11.6. The summed E-state index contributed by atoms with van der Waals surface area (Å²) in [6.45, 7) is 1.44. The van der Waals surface area contributed by atoms with Crippen LogP contribution in [0.25, 0.3) is 0 Å². The normalized spacial score (nSPS) is 26.7. The lowest BCUT2D eigenvalue weighted by atomic mass is 10.1. The van der Waals surface area contributed by atoms with Crippen molar-refractivity contribution in [2.75, 3.05) is 13.1 Å². The van der Waals surface area contributed by atoms with Crippen molar-refractivity contribution in [3.8, 4) is 0 Å². The Bertz CT molecular complexity index is 684. The molecule has 3 aliphatic heterocycles. The summed E-state index contributed by atoms with van der Waals surface area (Å²) in [7, 11) is 0. The molecule has 3 heterocycles. The molecule has 0 saturated carbocycles. The van der Waals surface area contributed by atoms with Gasteiger partial charge < -0.3 is 9.80 Å². The zero-order valence-electron chi connectivity index (χ0n) is 13.2. The zero-order chi connectivity index (χ0) is 16.8. The molecule has 1 aromatic rings. The first-order valence-electron chi connectivity index (χ1n) is 8.23. The molecule has 3 saturated heterocycles. The molecule has 1 unspecified atom stereocenters. The molecule has 0 aliphatic carbocycles. The van der Waals surface area contributed by atoms with E-state index in [1.54, 1.807) is 21.9 Å². The van der Waals surface area contributed by atoms with Crippen LogP contribution >= 0.6 is 0 Å². The van der Waals surface area contributed by atoms with E-state index in [4.69, 9.17) is 0 Å². The first kappa shape index (κ1) is 15.1. The molecule has 126 valence electrons. The van der Waals surface area contributed by atoms with Gasteiger partial charge in [-0.05, 0) is 37.0 Å². The smallest absolute Gasteiger partial charge is 0.328 e. The summed E-state index contributed by atoms with van der Waals surface area (Å²) in [6, 6.07) is 4.58. The van der Waals surface area contributed by atoms with Gasteiger partial charge in [0.05, 0.1) is 0 Å². The van der Waals surface area contributed by atoms with E-state index in [0.717, 1.165) is 16.9 Å². The number of nitrogens with zero attached hydrogens (tertiary/aromatic N) is 3. The molecule has 3 fully saturated rings. The summed E-state index contributed by atoms with van der Waals surface area (Å²) < 4.78 is 13.0. The number of carbonyl (C=O) groups excluding carboxylic acids is 3. The third-order valence-corrected chi connectivity index (χ3v) is 5.09. The summed E-state index contributed by atoms with van der Waals surface area (Å²) in [5, 5.41) is 0. The predicted octanol–water partition coefficient (Wildman–Crippen LogP) is 1.35. The van der Waals surface area contributed by atoms with Gasteiger partial charge in [0.25, 0.3) is 5.91 Å². The van der Waals surface area contributed by atoms with Gasteiger partial charge in [0, 0.05) is 19.6 Å². The van der Waals surface area contributed by atoms with Gasteiger partial charge in [0.15, 0.2) is 0 Å². The predicted molar refractivity (Wildman–Crippen MR) is 82.2 cm³/mol. The maximum Gasteiger partial charge on any atom is 0.328 e. The Balaban J connectivity index is 1.48. The largest absolute Gasteiger partial charge is 0.336 e. The Labute approximate surface area is 138 Å². The number of imide groups is 1. The van der Waals surface area contributed by atoms with E-state index in [1.807, 2.05) is 0 Å². The van der Waals surface area contributed by atoms with Crippen LogP contribution in [0.3, 0.4) is 0 Å². The minimum Gasteiger partial charge on any atom is -0.336 e. The van der Waals surface area contributed by atoms with E-state index in [1.165, 1.54) is 12.1 Å². The van der Waals surface area contributed by atoms with Crippen molar-refractivity contribution in [1.29, 1.82) is 0 Å². The van der Waals surface area contributed by atoms with E-state index in [-0.39, 0.29) is 29.7 Å². The van der Waals surface area contributed by atoms with E-state index in [2.05, 4.69) is 0 Å². The molecule has 1 aromatic carbocycles. The van der Waals surface area contributed by atoms with Crippen molar-refractivity contribution in [1.82, 2.24) is 14.7 Å². The molecular weight excluding hydrogens is 313 g/mol. The number of rotatable bonds is 3. The van der Waals surface area contributed by atoms with Crippen LogP contribution in [0.15, 0.2) is 24.3 Å². The Morgan fingerprint density at radius 2 is 1.71 bits per heavy atom. The topological polar surface area (TPSA) is 60.9 Å². The minimum absolute atomic E-state index is 0.206. The maximum absolute atomic E-state index is 13.0. The number of halogens is 1. The Kier molecular flexibility index (Phi) is 3.51. The summed E-state index contributed by atoms with van der Waals surface area (Å²) in [6.07, 6.45) is 1.98. The van der Waals surface area contributed by atoms with Crippen LogP contribution in [0.2, 0.25) is 0 Å². The summed E-state index contributed by atoms with van der Waals surface area (Å²) in [4.78, 5) is 42.0. The van der Waals surface area contributed by atoms with E-state index >= 15 is 0 Å². The Morgan fingerprint density at radius 1 is 0.958 bits per heavy atom. The van der Waals surface area contributed by atoms with Crippen LogP contribution in [-0.2, 0) is 16.1 Å². The van der Waals surface area contributed by atoms with Crippen molar-refractivity contribution in [3.05, 3.63) is 35.6 Å². The quantitative estimate of drug-likeness (QED) is 0.786. The van der Waals surface area contributed by atoms with Gasteiger partial charge in [-0.1, -0.05) is 12.1 Å². The monoisotopic (exact) mass is 331 g/mol.